The van der Waals surface area contributed by atoms with Crippen molar-refractivity contribution in [1.82, 2.24) is 5.32 Å². The molecule has 0 saturated carbocycles. The molecular weight excluding hydrogens is 671 g/mol. The van der Waals surface area contributed by atoms with Crippen molar-refractivity contribution in [3.8, 4) is 0 Å². The maximum atomic E-state index is 12.5. The Labute approximate surface area is 335 Å². The summed E-state index contributed by atoms with van der Waals surface area (Å²) in [4.78, 5) is 12.5. The van der Waals surface area contributed by atoms with Crippen LogP contribution in [0.3, 0.4) is 0 Å². The molecule has 0 aliphatic heterocycles. The Hall–Kier alpha value is -1.47. The minimum atomic E-state index is -1.29. The van der Waals surface area contributed by atoms with E-state index in [1.54, 1.807) is 0 Å². The Morgan fingerprint density at radius 2 is 0.796 bits per heavy atom. The minimum Gasteiger partial charge on any atom is -0.394 e. The van der Waals surface area contributed by atoms with E-state index in [-0.39, 0.29) is 0 Å². The zero-order valence-electron chi connectivity index (χ0n) is 35.7. The molecule has 0 saturated heterocycles. The lowest BCUT2D eigenvalue weighted by Gasteiger charge is -2.27. The molecule has 0 aromatic carbocycles. The molecule has 0 fully saturated rings. The molecule has 6 nitrogen and oxygen atoms in total. The predicted molar refractivity (Wildman–Crippen MR) is 233 cm³/mol. The summed E-state index contributed by atoms with van der Waals surface area (Å²) in [5.74, 6) is -0.599. The Bertz CT molecular complexity index is 858. The molecule has 0 aliphatic rings. The molecule has 6 heteroatoms. The number of nitrogens with one attached hydrogen (secondary N) is 1. The zero-order valence-corrected chi connectivity index (χ0v) is 35.7. The number of aliphatic hydroxyl groups is 4. The molecule has 0 bridgehead atoms. The van der Waals surface area contributed by atoms with Crippen molar-refractivity contribution in [2.24, 2.45) is 0 Å². The highest BCUT2D eigenvalue weighted by Gasteiger charge is 2.28. The van der Waals surface area contributed by atoms with E-state index in [4.69, 9.17) is 0 Å². The van der Waals surface area contributed by atoms with Crippen LogP contribution in [0.15, 0.2) is 36.5 Å². The second kappa shape index (κ2) is 42.7. The highest BCUT2D eigenvalue weighted by Crippen LogP contribution is 2.16. The van der Waals surface area contributed by atoms with Gasteiger partial charge < -0.3 is 25.7 Å². The number of amides is 1. The number of aliphatic hydroxyl groups excluding tert-OH is 4. The summed E-state index contributed by atoms with van der Waals surface area (Å²) in [6, 6.07) is -1.01. The summed E-state index contributed by atoms with van der Waals surface area (Å²) >= 11 is 0. The summed E-state index contributed by atoms with van der Waals surface area (Å²) in [7, 11) is 0. The molecular formula is C48H91NO5. The number of carbonyl (C=O) groups excluding carboxylic acids is 1. The van der Waals surface area contributed by atoms with Crippen LogP contribution >= 0.6 is 0 Å². The summed E-state index contributed by atoms with van der Waals surface area (Å²) in [6.07, 6.45) is 50.6. The molecule has 0 heterocycles. The van der Waals surface area contributed by atoms with E-state index in [1.807, 2.05) is 0 Å². The van der Waals surface area contributed by atoms with Gasteiger partial charge in [0, 0.05) is 0 Å². The third kappa shape index (κ3) is 36.2. The Kier molecular flexibility index (Phi) is 41.5. The largest absolute Gasteiger partial charge is 0.394 e. The van der Waals surface area contributed by atoms with E-state index < -0.39 is 36.9 Å². The average Bonchev–Trinajstić information content (AvgIpc) is 3.18. The highest BCUT2D eigenvalue weighted by atomic mass is 16.3. The maximum Gasteiger partial charge on any atom is 0.249 e. The maximum absolute atomic E-state index is 12.5. The van der Waals surface area contributed by atoms with Gasteiger partial charge in [-0.2, -0.15) is 0 Å². The van der Waals surface area contributed by atoms with Crippen LogP contribution in [0, 0.1) is 0 Å². The Balaban J connectivity index is 3.65. The van der Waals surface area contributed by atoms with Gasteiger partial charge in [-0.1, -0.05) is 198 Å². The van der Waals surface area contributed by atoms with E-state index in [0.29, 0.717) is 19.3 Å². The van der Waals surface area contributed by atoms with Crippen molar-refractivity contribution >= 4 is 5.91 Å². The number of hydrogen-bond donors (Lipinski definition) is 5. The number of hydrogen-bond acceptors (Lipinski definition) is 5. The van der Waals surface area contributed by atoms with Crippen LogP contribution in [-0.2, 0) is 4.79 Å². The fourth-order valence-electron chi connectivity index (χ4n) is 7.05. The highest BCUT2D eigenvalue weighted by molar-refractivity contribution is 5.80. The average molecular weight is 762 g/mol. The number of allylic oxidation sites excluding steroid dienone is 6. The van der Waals surface area contributed by atoms with Crippen LogP contribution in [0.5, 0.6) is 0 Å². The monoisotopic (exact) mass is 762 g/mol. The van der Waals surface area contributed by atoms with Gasteiger partial charge in [-0.15, -0.1) is 0 Å². The first kappa shape index (κ1) is 52.5. The minimum absolute atomic E-state index is 0.359. The Morgan fingerprint density at radius 1 is 0.444 bits per heavy atom. The molecule has 0 radical (unpaired) electrons. The molecule has 54 heavy (non-hydrogen) atoms. The second-order valence-corrected chi connectivity index (χ2v) is 16.1. The van der Waals surface area contributed by atoms with Crippen LogP contribution in [0.2, 0.25) is 0 Å². The van der Waals surface area contributed by atoms with Gasteiger partial charge in [0.15, 0.2) is 0 Å². The smallest absolute Gasteiger partial charge is 0.249 e. The molecule has 0 aromatic heterocycles. The molecule has 318 valence electrons. The van der Waals surface area contributed by atoms with Crippen LogP contribution in [0.1, 0.15) is 232 Å². The Morgan fingerprint density at radius 3 is 1.22 bits per heavy atom. The van der Waals surface area contributed by atoms with E-state index in [1.165, 1.54) is 154 Å². The van der Waals surface area contributed by atoms with Crippen LogP contribution in [0.4, 0.5) is 0 Å². The van der Waals surface area contributed by atoms with Gasteiger partial charge >= 0.3 is 0 Å². The van der Waals surface area contributed by atoms with Crippen molar-refractivity contribution in [2.75, 3.05) is 6.61 Å². The number of unbranched alkanes of at least 4 members (excludes halogenated alkanes) is 27. The zero-order chi connectivity index (χ0) is 39.6. The predicted octanol–water partition coefficient (Wildman–Crippen LogP) is 12.5. The molecule has 4 atom stereocenters. The first-order valence-corrected chi connectivity index (χ1v) is 23.4. The topological polar surface area (TPSA) is 110 Å². The standard InChI is InChI=1S/C48H91NO5/c1-3-5-7-9-11-13-15-16-17-18-19-20-21-22-23-24-25-26-27-28-29-30-32-34-36-38-40-42-46(52)48(54)49-44(43-50)47(53)45(51)41-39-37-35-33-31-14-12-10-8-6-4-2/h10,12,22-23,33,35,44-47,50-53H,3-9,11,13-21,24-32,34,36-43H2,1-2H3,(H,49,54)/b12-10+,23-22-,35-33+. The van der Waals surface area contributed by atoms with Crippen LogP contribution < -0.4 is 5.32 Å². The fraction of sp³-hybridized carbons (Fsp3) is 0.854. The van der Waals surface area contributed by atoms with Gasteiger partial charge in [0.05, 0.1) is 18.8 Å². The second-order valence-electron chi connectivity index (χ2n) is 16.1. The van der Waals surface area contributed by atoms with Crippen LogP contribution in [0.25, 0.3) is 0 Å². The van der Waals surface area contributed by atoms with Crippen molar-refractivity contribution < 1.29 is 25.2 Å². The molecule has 4 unspecified atom stereocenters. The fourth-order valence-corrected chi connectivity index (χ4v) is 7.05. The van der Waals surface area contributed by atoms with Gasteiger partial charge in [-0.05, 0) is 70.6 Å². The SMILES string of the molecule is CCCC/C=C/CC/C=C/CCCC(O)C(O)C(CO)NC(=O)C(O)CCCCCCCCCCCCC/C=C\CCCCCCCCCCCCCC. The third-order valence-electron chi connectivity index (χ3n) is 10.8. The lowest BCUT2D eigenvalue weighted by atomic mass is 10.00. The molecule has 0 rings (SSSR count). The molecule has 0 spiro atoms. The summed E-state index contributed by atoms with van der Waals surface area (Å²) in [5, 5.41) is 43.5. The van der Waals surface area contributed by atoms with Gasteiger partial charge in [0.25, 0.3) is 0 Å². The van der Waals surface area contributed by atoms with Crippen molar-refractivity contribution in [1.29, 1.82) is 0 Å². The molecule has 0 aromatic rings. The van der Waals surface area contributed by atoms with Crippen molar-refractivity contribution in [3.05, 3.63) is 36.5 Å². The van der Waals surface area contributed by atoms with E-state index in [9.17, 15) is 25.2 Å². The first-order valence-electron chi connectivity index (χ1n) is 23.4. The van der Waals surface area contributed by atoms with E-state index >= 15 is 0 Å². The molecule has 1 amide bonds. The molecule has 5 N–H and O–H groups in total. The van der Waals surface area contributed by atoms with Gasteiger partial charge in [-0.3, -0.25) is 4.79 Å². The van der Waals surface area contributed by atoms with Crippen molar-refractivity contribution in [3.63, 3.8) is 0 Å². The first-order chi connectivity index (χ1) is 26.5. The summed E-state index contributed by atoms with van der Waals surface area (Å²) < 4.78 is 0. The lowest BCUT2D eigenvalue weighted by Crippen LogP contribution is -2.53. The number of rotatable bonds is 42. The molecule has 0 aliphatic carbocycles. The van der Waals surface area contributed by atoms with E-state index in [0.717, 1.165) is 44.9 Å². The third-order valence-corrected chi connectivity index (χ3v) is 10.8. The van der Waals surface area contributed by atoms with Crippen LogP contribution in [-0.4, -0.2) is 57.3 Å². The summed E-state index contributed by atoms with van der Waals surface area (Å²) in [6.45, 7) is 3.98. The summed E-state index contributed by atoms with van der Waals surface area (Å²) in [5.41, 5.74) is 0. The van der Waals surface area contributed by atoms with Gasteiger partial charge in [0.1, 0.15) is 12.2 Å². The van der Waals surface area contributed by atoms with Gasteiger partial charge in [0.2, 0.25) is 5.91 Å². The van der Waals surface area contributed by atoms with Gasteiger partial charge in [-0.25, -0.2) is 0 Å². The van der Waals surface area contributed by atoms with Crippen molar-refractivity contribution in [2.45, 2.75) is 257 Å². The quantitative estimate of drug-likeness (QED) is 0.0314. The van der Waals surface area contributed by atoms with E-state index in [2.05, 4.69) is 55.6 Å². The normalized spacial score (nSPS) is 14.4. The number of carbonyl (C=O) groups is 1. The lowest BCUT2D eigenvalue weighted by molar-refractivity contribution is -0.132.